The molecule has 0 aromatic carbocycles. The van der Waals surface area contributed by atoms with Gasteiger partial charge in [-0.15, -0.1) is 0 Å². The second-order valence-electron chi connectivity index (χ2n) is 6.66. The maximum absolute atomic E-state index is 12.2. The molecule has 0 radical (unpaired) electrons. The third-order valence-electron chi connectivity index (χ3n) is 4.68. The van der Waals surface area contributed by atoms with Crippen molar-refractivity contribution in [2.24, 2.45) is 0 Å². The zero-order chi connectivity index (χ0) is 18.0. The Labute approximate surface area is 147 Å². The van der Waals surface area contributed by atoms with E-state index in [9.17, 15) is 4.79 Å². The summed E-state index contributed by atoms with van der Waals surface area (Å²) >= 11 is 0. The average molecular weight is 346 g/mol. The number of anilines is 1. The smallest absolute Gasteiger partial charge is 0.357 e. The van der Waals surface area contributed by atoms with Crippen LogP contribution in [0.25, 0.3) is 11.0 Å². The van der Waals surface area contributed by atoms with E-state index in [2.05, 4.69) is 33.9 Å². The normalized spacial score (nSPS) is 16.0. The Morgan fingerprint density at radius 2 is 2.12 bits per heavy atom. The van der Waals surface area contributed by atoms with E-state index in [1.165, 1.54) is 0 Å². The van der Waals surface area contributed by atoms with Gasteiger partial charge in [-0.05, 0) is 31.7 Å². The minimum Gasteiger partial charge on any atom is -0.461 e. The van der Waals surface area contributed by atoms with Gasteiger partial charge in [-0.1, -0.05) is 13.8 Å². The molecule has 1 aliphatic rings. The molecule has 7 heteroatoms. The molecule has 0 saturated carbocycles. The molecule has 0 amide bonds. The summed E-state index contributed by atoms with van der Waals surface area (Å²) in [6, 6.07) is 1.84. The van der Waals surface area contributed by atoms with Gasteiger partial charge in [-0.3, -0.25) is 5.10 Å². The second kappa shape index (κ2) is 7.39. The van der Waals surface area contributed by atoms with Crippen molar-refractivity contribution in [1.29, 1.82) is 0 Å². The number of aromatic nitrogens is 3. The number of carbonyl (C=O) groups excluding carboxylic acids is 1. The van der Waals surface area contributed by atoms with Crippen LogP contribution in [0.3, 0.4) is 0 Å². The molecular formula is C18H26N4O3. The van der Waals surface area contributed by atoms with Gasteiger partial charge in [-0.25, -0.2) is 9.78 Å². The summed E-state index contributed by atoms with van der Waals surface area (Å²) in [7, 11) is 1.76. The first-order valence-electron chi connectivity index (χ1n) is 8.89. The molecule has 1 fully saturated rings. The number of ether oxygens (including phenoxy) is 2. The van der Waals surface area contributed by atoms with Gasteiger partial charge >= 0.3 is 5.97 Å². The highest BCUT2D eigenvalue weighted by Crippen LogP contribution is 2.34. The van der Waals surface area contributed by atoms with Crippen molar-refractivity contribution in [3.8, 4) is 0 Å². The lowest BCUT2D eigenvalue weighted by molar-refractivity contribution is 0.0519. The molecule has 1 N–H and O–H groups in total. The van der Waals surface area contributed by atoms with Crippen molar-refractivity contribution in [3.63, 3.8) is 0 Å². The van der Waals surface area contributed by atoms with Crippen LogP contribution >= 0.6 is 0 Å². The fourth-order valence-electron chi connectivity index (χ4n) is 3.34. The summed E-state index contributed by atoms with van der Waals surface area (Å²) in [5.74, 6) is -0.141. The SMILES string of the molecule is CCOC(=O)c1cc(N2CCC(OC)CC2)c2c(C(C)C)n[nH]c2n1. The summed E-state index contributed by atoms with van der Waals surface area (Å²) in [6.07, 6.45) is 2.22. The van der Waals surface area contributed by atoms with Crippen LogP contribution < -0.4 is 4.90 Å². The lowest BCUT2D eigenvalue weighted by Crippen LogP contribution is -2.37. The molecule has 1 saturated heterocycles. The Hall–Kier alpha value is -2.15. The highest BCUT2D eigenvalue weighted by molar-refractivity contribution is 5.98. The standard InChI is InChI=1S/C18H26N4O3/c1-5-25-18(23)13-10-14(22-8-6-12(24-4)7-9-22)15-16(11(2)3)20-21-17(15)19-13/h10-12H,5-9H2,1-4H3,(H,19,20,21). The molecule has 0 atom stereocenters. The van der Waals surface area contributed by atoms with Gasteiger partial charge in [0.2, 0.25) is 0 Å². The highest BCUT2D eigenvalue weighted by atomic mass is 16.5. The number of carbonyl (C=O) groups is 1. The summed E-state index contributed by atoms with van der Waals surface area (Å²) in [6.45, 7) is 8.09. The molecule has 2 aromatic heterocycles. The number of hydrogen-bond donors (Lipinski definition) is 1. The van der Waals surface area contributed by atoms with Crippen LogP contribution in [0.5, 0.6) is 0 Å². The monoisotopic (exact) mass is 346 g/mol. The maximum atomic E-state index is 12.2. The summed E-state index contributed by atoms with van der Waals surface area (Å²) < 4.78 is 10.6. The molecule has 0 bridgehead atoms. The van der Waals surface area contributed by atoms with Crippen molar-refractivity contribution in [2.45, 2.75) is 45.6 Å². The van der Waals surface area contributed by atoms with E-state index >= 15 is 0 Å². The number of fused-ring (bicyclic) bond motifs is 1. The predicted octanol–water partition coefficient (Wildman–Crippen LogP) is 2.87. The lowest BCUT2D eigenvalue weighted by atomic mass is 10.0. The molecule has 3 heterocycles. The number of esters is 1. The molecule has 0 unspecified atom stereocenters. The van der Waals surface area contributed by atoms with E-state index < -0.39 is 5.97 Å². The minimum absolute atomic E-state index is 0.263. The molecule has 1 aliphatic heterocycles. The average Bonchev–Trinajstić information content (AvgIpc) is 3.05. The Morgan fingerprint density at radius 3 is 2.72 bits per heavy atom. The number of H-pyrrole nitrogens is 1. The number of pyridine rings is 1. The van der Waals surface area contributed by atoms with Gasteiger partial charge in [0.05, 0.1) is 29.5 Å². The predicted molar refractivity (Wildman–Crippen MR) is 96.2 cm³/mol. The summed E-state index contributed by atoms with van der Waals surface area (Å²) in [4.78, 5) is 18.9. The van der Waals surface area contributed by atoms with Crippen molar-refractivity contribution in [3.05, 3.63) is 17.5 Å². The summed E-state index contributed by atoms with van der Waals surface area (Å²) in [5, 5.41) is 8.42. The van der Waals surface area contributed by atoms with Gasteiger partial charge in [0, 0.05) is 20.2 Å². The van der Waals surface area contributed by atoms with E-state index in [1.807, 2.05) is 6.07 Å². The van der Waals surface area contributed by atoms with Crippen LogP contribution in [0.2, 0.25) is 0 Å². The minimum atomic E-state index is -0.405. The zero-order valence-corrected chi connectivity index (χ0v) is 15.3. The van der Waals surface area contributed by atoms with Crippen LogP contribution in [-0.2, 0) is 9.47 Å². The number of nitrogens with zero attached hydrogens (tertiary/aromatic N) is 3. The van der Waals surface area contributed by atoms with Crippen molar-refractivity contribution >= 4 is 22.7 Å². The molecule has 136 valence electrons. The zero-order valence-electron chi connectivity index (χ0n) is 15.3. The highest BCUT2D eigenvalue weighted by Gasteiger charge is 2.25. The van der Waals surface area contributed by atoms with E-state index in [-0.39, 0.29) is 5.92 Å². The first-order valence-corrected chi connectivity index (χ1v) is 8.89. The first-order chi connectivity index (χ1) is 12.0. The maximum Gasteiger partial charge on any atom is 0.357 e. The van der Waals surface area contributed by atoms with E-state index in [0.29, 0.717) is 24.1 Å². The number of hydrogen-bond acceptors (Lipinski definition) is 6. The molecule has 2 aromatic rings. The Bertz CT molecular complexity index is 748. The van der Waals surface area contributed by atoms with Gasteiger partial charge in [0.15, 0.2) is 11.3 Å². The van der Waals surface area contributed by atoms with E-state index in [1.54, 1.807) is 14.0 Å². The van der Waals surface area contributed by atoms with E-state index in [0.717, 1.165) is 42.7 Å². The number of methoxy groups -OCH3 is 1. The number of aromatic amines is 1. The van der Waals surface area contributed by atoms with Crippen molar-refractivity contribution < 1.29 is 14.3 Å². The van der Waals surface area contributed by atoms with Crippen LogP contribution in [0.15, 0.2) is 6.07 Å². The fourth-order valence-corrected chi connectivity index (χ4v) is 3.34. The van der Waals surface area contributed by atoms with Gasteiger partial charge < -0.3 is 14.4 Å². The van der Waals surface area contributed by atoms with E-state index in [4.69, 9.17) is 9.47 Å². The number of rotatable bonds is 5. The Kier molecular flexibility index (Phi) is 5.22. The molecule has 25 heavy (non-hydrogen) atoms. The van der Waals surface area contributed by atoms with Gasteiger partial charge in [0.25, 0.3) is 0 Å². The largest absolute Gasteiger partial charge is 0.461 e. The molecule has 0 aliphatic carbocycles. The van der Waals surface area contributed by atoms with Crippen LogP contribution in [-0.4, -0.2) is 54.1 Å². The lowest BCUT2D eigenvalue weighted by Gasteiger charge is -2.33. The van der Waals surface area contributed by atoms with Crippen LogP contribution in [0.4, 0.5) is 5.69 Å². The third kappa shape index (κ3) is 3.46. The van der Waals surface area contributed by atoms with Crippen molar-refractivity contribution in [1.82, 2.24) is 15.2 Å². The van der Waals surface area contributed by atoms with Crippen LogP contribution in [0.1, 0.15) is 55.7 Å². The second-order valence-corrected chi connectivity index (χ2v) is 6.66. The van der Waals surface area contributed by atoms with Gasteiger partial charge in [-0.2, -0.15) is 5.10 Å². The van der Waals surface area contributed by atoms with Crippen LogP contribution in [0, 0.1) is 0 Å². The Balaban J connectivity index is 2.06. The topological polar surface area (TPSA) is 80.3 Å². The van der Waals surface area contributed by atoms with Crippen molar-refractivity contribution in [2.75, 3.05) is 31.7 Å². The fraction of sp³-hybridized carbons (Fsp3) is 0.611. The molecule has 0 spiro atoms. The van der Waals surface area contributed by atoms with Gasteiger partial charge in [0.1, 0.15) is 0 Å². The molecular weight excluding hydrogens is 320 g/mol. The number of nitrogens with one attached hydrogen (secondary N) is 1. The summed E-state index contributed by atoms with van der Waals surface area (Å²) in [5.41, 5.74) is 2.93. The first kappa shape index (κ1) is 17.7. The molecule has 3 rings (SSSR count). The molecule has 7 nitrogen and oxygen atoms in total. The quantitative estimate of drug-likeness (QED) is 0.839. The number of piperidine rings is 1. The third-order valence-corrected chi connectivity index (χ3v) is 4.68. The Morgan fingerprint density at radius 1 is 1.40 bits per heavy atom.